The topological polar surface area (TPSA) is 54.8 Å². The first kappa shape index (κ1) is 13.5. The van der Waals surface area contributed by atoms with Crippen LogP contribution < -0.4 is 0 Å². The number of carbonyl (C=O) groups excluding carboxylic acids is 1. The van der Waals surface area contributed by atoms with E-state index in [1.165, 1.54) is 11.3 Å². The van der Waals surface area contributed by atoms with Gasteiger partial charge in [-0.25, -0.2) is 14.8 Å². The van der Waals surface area contributed by atoms with Crippen LogP contribution in [0.1, 0.15) is 17.3 Å². The van der Waals surface area contributed by atoms with Crippen LogP contribution in [0.15, 0.2) is 23.2 Å². The van der Waals surface area contributed by atoms with Crippen LogP contribution in [0, 0.1) is 0 Å². The zero-order chi connectivity index (χ0) is 13.8. The Bertz CT molecular complexity index is 619. The molecular formula is C13H15N3O2S. The molecule has 2 rings (SSSR count). The number of thiazole rings is 1. The van der Waals surface area contributed by atoms with E-state index >= 15 is 0 Å². The molecular weight excluding hydrogens is 262 g/mol. The largest absolute Gasteiger partial charge is 0.462 e. The fourth-order valence-corrected chi connectivity index (χ4v) is 2.32. The molecule has 5 nitrogen and oxygen atoms in total. The molecule has 0 bridgehead atoms. The summed E-state index contributed by atoms with van der Waals surface area (Å²) in [7, 11) is 3.80. The molecule has 6 heteroatoms. The minimum atomic E-state index is -0.309. The van der Waals surface area contributed by atoms with Crippen LogP contribution >= 0.6 is 11.3 Å². The summed E-state index contributed by atoms with van der Waals surface area (Å²) in [5.74, 6) is -0.309. The summed E-state index contributed by atoms with van der Waals surface area (Å²) < 4.78 is 5.90. The number of aliphatic imine (C=N–C) groups is 1. The molecule has 0 unspecified atom stereocenters. The molecule has 0 N–H and O–H groups in total. The first-order valence-electron chi connectivity index (χ1n) is 5.88. The third kappa shape index (κ3) is 3.29. The van der Waals surface area contributed by atoms with Crippen molar-refractivity contribution in [3.05, 3.63) is 23.8 Å². The third-order valence-corrected chi connectivity index (χ3v) is 3.21. The summed E-state index contributed by atoms with van der Waals surface area (Å²) in [6, 6.07) is 5.33. The average molecular weight is 277 g/mol. The van der Waals surface area contributed by atoms with Crippen LogP contribution in [0.4, 0.5) is 5.13 Å². The Morgan fingerprint density at radius 1 is 1.53 bits per heavy atom. The highest BCUT2D eigenvalue weighted by Crippen LogP contribution is 2.28. The SMILES string of the molecule is CCOC(=O)c1ccc2nc(/N=C/N(C)C)sc2c1. The lowest BCUT2D eigenvalue weighted by Crippen LogP contribution is -2.06. The van der Waals surface area contributed by atoms with Gasteiger partial charge >= 0.3 is 5.97 Å². The quantitative estimate of drug-likeness (QED) is 0.490. The molecule has 19 heavy (non-hydrogen) atoms. The van der Waals surface area contributed by atoms with Crippen molar-refractivity contribution in [1.29, 1.82) is 0 Å². The summed E-state index contributed by atoms with van der Waals surface area (Å²) in [4.78, 5) is 22.1. The van der Waals surface area contributed by atoms with Gasteiger partial charge in [-0.2, -0.15) is 0 Å². The monoisotopic (exact) mass is 277 g/mol. The molecule has 1 aromatic heterocycles. The molecule has 0 spiro atoms. The molecule has 0 amide bonds. The normalized spacial score (nSPS) is 11.1. The van der Waals surface area contributed by atoms with Crippen LogP contribution in [-0.4, -0.2) is 42.9 Å². The predicted octanol–water partition coefficient (Wildman–Crippen LogP) is 2.69. The number of aromatic nitrogens is 1. The molecule has 0 aliphatic rings. The van der Waals surface area contributed by atoms with Crippen molar-refractivity contribution < 1.29 is 9.53 Å². The zero-order valence-corrected chi connectivity index (χ0v) is 11.9. The summed E-state index contributed by atoms with van der Waals surface area (Å²) >= 11 is 1.45. The van der Waals surface area contributed by atoms with Gasteiger partial charge in [0.15, 0.2) is 0 Å². The van der Waals surface area contributed by atoms with Crippen LogP contribution in [0.5, 0.6) is 0 Å². The highest BCUT2D eigenvalue weighted by Gasteiger charge is 2.09. The minimum Gasteiger partial charge on any atom is -0.462 e. The Labute approximate surface area is 115 Å². The van der Waals surface area contributed by atoms with E-state index in [9.17, 15) is 4.79 Å². The summed E-state index contributed by atoms with van der Waals surface area (Å²) in [6.45, 7) is 2.16. The molecule has 0 aliphatic carbocycles. The van der Waals surface area contributed by atoms with Crippen LogP contribution in [0.2, 0.25) is 0 Å². The molecule has 0 atom stereocenters. The average Bonchev–Trinajstić information content (AvgIpc) is 2.78. The van der Waals surface area contributed by atoms with E-state index in [1.54, 1.807) is 25.4 Å². The van der Waals surface area contributed by atoms with Gasteiger partial charge in [-0.15, -0.1) is 0 Å². The highest BCUT2D eigenvalue weighted by molar-refractivity contribution is 7.22. The number of carbonyl (C=O) groups is 1. The second-order valence-corrected chi connectivity index (χ2v) is 5.12. The van der Waals surface area contributed by atoms with Gasteiger partial charge in [-0.3, -0.25) is 0 Å². The second-order valence-electron chi connectivity index (χ2n) is 4.11. The Balaban J connectivity index is 2.30. The summed E-state index contributed by atoms with van der Waals surface area (Å²) in [5.41, 5.74) is 1.38. The fraction of sp³-hybridized carbons (Fsp3) is 0.308. The van der Waals surface area contributed by atoms with Crippen molar-refractivity contribution in [2.75, 3.05) is 20.7 Å². The van der Waals surface area contributed by atoms with Crippen molar-refractivity contribution in [3.8, 4) is 0 Å². The smallest absolute Gasteiger partial charge is 0.338 e. The Kier molecular flexibility index (Phi) is 4.11. The number of esters is 1. The maximum absolute atomic E-state index is 11.6. The molecule has 0 fully saturated rings. The lowest BCUT2D eigenvalue weighted by molar-refractivity contribution is 0.0526. The van der Waals surface area contributed by atoms with Crippen molar-refractivity contribution >= 4 is 39.0 Å². The summed E-state index contributed by atoms with van der Waals surface area (Å²) in [6.07, 6.45) is 1.70. The molecule has 100 valence electrons. The molecule has 0 saturated carbocycles. The van der Waals surface area contributed by atoms with E-state index in [2.05, 4.69) is 9.98 Å². The predicted molar refractivity (Wildman–Crippen MR) is 77.4 cm³/mol. The van der Waals surface area contributed by atoms with Gasteiger partial charge in [0.2, 0.25) is 5.13 Å². The number of fused-ring (bicyclic) bond motifs is 1. The Hall–Kier alpha value is -1.95. The third-order valence-electron chi connectivity index (χ3n) is 2.29. The van der Waals surface area contributed by atoms with Gasteiger partial charge in [0.25, 0.3) is 0 Å². The van der Waals surface area contributed by atoms with Gasteiger partial charge in [0.05, 0.1) is 28.7 Å². The first-order valence-corrected chi connectivity index (χ1v) is 6.70. The van der Waals surface area contributed by atoms with E-state index < -0.39 is 0 Å². The molecule has 0 radical (unpaired) electrons. The fourth-order valence-electron chi connectivity index (χ4n) is 1.47. The second kappa shape index (κ2) is 5.79. The van der Waals surface area contributed by atoms with Crippen molar-refractivity contribution in [2.24, 2.45) is 4.99 Å². The summed E-state index contributed by atoms with van der Waals surface area (Å²) in [5, 5.41) is 0.671. The van der Waals surface area contributed by atoms with Gasteiger partial charge in [-0.1, -0.05) is 11.3 Å². The number of ether oxygens (including phenoxy) is 1. The van der Waals surface area contributed by atoms with E-state index in [4.69, 9.17) is 4.74 Å². The standard InChI is InChI=1S/C13H15N3O2S/c1-4-18-12(17)9-5-6-10-11(7-9)19-13(15-10)14-8-16(2)3/h5-8H,4H2,1-3H3/b14-8+. The van der Waals surface area contributed by atoms with Crippen molar-refractivity contribution in [1.82, 2.24) is 9.88 Å². The molecule has 1 heterocycles. The van der Waals surface area contributed by atoms with E-state index in [0.29, 0.717) is 17.3 Å². The number of hydrogen-bond acceptors (Lipinski definition) is 5. The number of benzene rings is 1. The molecule has 2 aromatic rings. The maximum atomic E-state index is 11.6. The number of rotatable bonds is 4. The Morgan fingerprint density at radius 2 is 2.32 bits per heavy atom. The Morgan fingerprint density at radius 3 is 3.00 bits per heavy atom. The van der Waals surface area contributed by atoms with Crippen LogP contribution in [-0.2, 0) is 4.74 Å². The van der Waals surface area contributed by atoms with Crippen molar-refractivity contribution in [3.63, 3.8) is 0 Å². The zero-order valence-electron chi connectivity index (χ0n) is 11.1. The van der Waals surface area contributed by atoms with Gasteiger partial charge < -0.3 is 9.64 Å². The number of nitrogens with zero attached hydrogens (tertiary/aromatic N) is 3. The highest BCUT2D eigenvalue weighted by atomic mass is 32.1. The van der Waals surface area contributed by atoms with Crippen LogP contribution in [0.3, 0.4) is 0 Å². The molecule has 0 saturated heterocycles. The lowest BCUT2D eigenvalue weighted by Gasteiger charge is -2.00. The minimum absolute atomic E-state index is 0.309. The van der Waals surface area contributed by atoms with E-state index in [0.717, 1.165) is 10.2 Å². The van der Waals surface area contributed by atoms with Crippen LogP contribution in [0.25, 0.3) is 10.2 Å². The van der Waals surface area contributed by atoms with Gasteiger partial charge in [-0.05, 0) is 25.1 Å². The lowest BCUT2D eigenvalue weighted by atomic mass is 10.2. The number of hydrogen-bond donors (Lipinski definition) is 0. The van der Waals surface area contributed by atoms with Gasteiger partial charge in [0, 0.05) is 14.1 Å². The van der Waals surface area contributed by atoms with Crippen molar-refractivity contribution in [2.45, 2.75) is 6.92 Å². The molecule has 1 aromatic carbocycles. The maximum Gasteiger partial charge on any atom is 0.338 e. The van der Waals surface area contributed by atoms with E-state index in [-0.39, 0.29) is 5.97 Å². The molecule has 0 aliphatic heterocycles. The van der Waals surface area contributed by atoms with E-state index in [1.807, 2.05) is 25.1 Å². The first-order chi connectivity index (χ1) is 9.10. The van der Waals surface area contributed by atoms with Gasteiger partial charge in [0.1, 0.15) is 0 Å².